The van der Waals surface area contributed by atoms with Gasteiger partial charge in [-0.1, -0.05) is 237 Å². The lowest BCUT2D eigenvalue weighted by Gasteiger charge is -2.34. The van der Waals surface area contributed by atoms with E-state index in [0.717, 1.165) is 17.1 Å². The van der Waals surface area contributed by atoms with Crippen LogP contribution >= 0.6 is 11.3 Å². The van der Waals surface area contributed by atoms with E-state index in [1.165, 1.54) is 120 Å². The van der Waals surface area contributed by atoms with Gasteiger partial charge < -0.3 is 4.90 Å². The highest BCUT2D eigenvalue weighted by Crippen LogP contribution is 2.67. The molecule has 2 heteroatoms. The number of nitrogens with zero attached hydrogens (tertiary/aromatic N) is 1. The van der Waals surface area contributed by atoms with Gasteiger partial charge in [-0.2, -0.15) is 0 Å². The van der Waals surface area contributed by atoms with Crippen molar-refractivity contribution in [1.82, 2.24) is 0 Å². The Labute approximate surface area is 441 Å². The molecule has 0 bridgehead atoms. The number of benzene rings is 12. The van der Waals surface area contributed by atoms with Crippen LogP contribution in [0.1, 0.15) is 22.3 Å². The van der Waals surface area contributed by atoms with Crippen molar-refractivity contribution in [3.05, 3.63) is 307 Å². The van der Waals surface area contributed by atoms with Crippen LogP contribution < -0.4 is 4.90 Å². The molecule has 2 aliphatic rings. The summed E-state index contributed by atoms with van der Waals surface area (Å²) in [6.07, 6.45) is 0. The lowest BCUT2D eigenvalue weighted by molar-refractivity contribution is 0.795. The molecule has 0 atom stereocenters. The molecule has 15 rings (SSSR count). The van der Waals surface area contributed by atoms with Crippen molar-refractivity contribution in [3.8, 4) is 77.9 Å². The van der Waals surface area contributed by atoms with Crippen LogP contribution in [-0.4, -0.2) is 0 Å². The molecule has 350 valence electrons. The van der Waals surface area contributed by atoms with E-state index in [2.05, 4.69) is 290 Å². The SMILES string of the molecule is c1ccc(-c2ccc(N(c3ccccc3-c3ccccc3)c3cc4c(c5c3sc3ccccc35)-c3ccc(-c5ccccc5)cc3C43c4cc(-c5ccccc5)ccc4-c4ccc(-c5ccccc5)cc43)cc2)cc1. The fraction of sp³-hybridized carbons (Fsp3) is 0.0137. The zero-order valence-corrected chi connectivity index (χ0v) is 41.8. The molecule has 0 fully saturated rings. The number of anilines is 3. The first-order valence-electron chi connectivity index (χ1n) is 25.9. The molecule has 0 N–H and O–H groups in total. The molecular weight excluding hydrogens is 923 g/mol. The van der Waals surface area contributed by atoms with Crippen molar-refractivity contribution < 1.29 is 0 Å². The molecule has 1 nitrogen and oxygen atoms in total. The minimum atomic E-state index is -0.719. The number of thiophene rings is 1. The molecule has 0 saturated carbocycles. The number of hydrogen-bond donors (Lipinski definition) is 0. The molecule has 12 aromatic carbocycles. The molecule has 75 heavy (non-hydrogen) atoms. The Hall–Kier alpha value is -9.34. The van der Waals surface area contributed by atoms with Gasteiger partial charge in [-0.3, -0.25) is 0 Å². The van der Waals surface area contributed by atoms with E-state index in [0.29, 0.717) is 0 Å². The van der Waals surface area contributed by atoms with Gasteiger partial charge in [-0.05, 0) is 143 Å². The summed E-state index contributed by atoms with van der Waals surface area (Å²) in [6.45, 7) is 0. The monoisotopic (exact) mass is 969 g/mol. The van der Waals surface area contributed by atoms with Gasteiger partial charge in [0.2, 0.25) is 0 Å². The van der Waals surface area contributed by atoms with Crippen molar-refractivity contribution in [2.45, 2.75) is 5.41 Å². The number of hydrogen-bond acceptors (Lipinski definition) is 2. The largest absolute Gasteiger partial charge is 0.308 e. The molecule has 0 unspecified atom stereocenters. The summed E-state index contributed by atoms with van der Waals surface area (Å²) < 4.78 is 2.53. The molecule has 0 aliphatic heterocycles. The number of fused-ring (bicyclic) bond motifs is 14. The van der Waals surface area contributed by atoms with Crippen molar-refractivity contribution in [1.29, 1.82) is 0 Å². The van der Waals surface area contributed by atoms with Crippen LogP contribution in [-0.2, 0) is 5.41 Å². The van der Waals surface area contributed by atoms with Gasteiger partial charge in [0.05, 0.1) is 21.5 Å². The number of rotatable bonds is 8. The van der Waals surface area contributed by atoms with E-state index < -0.39 is 5.41 Å². The maximum atomic E-state index is 2.62. The first-order valence-corrected chi connectivity index (χ1v) is 26.7. The van der Waals surface area contributed by atoms with Crippen molar-refractivity contribution in [2.75, 3.05) is 4.90 Å². The second-order valence-electron chi connectivity index (χ2n) is 19.9. The highest BCUT2D eigenvalue weighted by atomic mass is 32.1. The Morgan fingerprint density at radius 3 is 1.24 bits per heavy atom. The maximum Gasteiger partial charge on any atom is 0.0727 e. The normalized spacial score (nSPS) is 12.6. The molecule has 2 aliphatic carbocycles. The summed E-state index contributed by atoms with van der Waals surface area (Å²) in [7, 11) is 0. The van der Waals surface area contributed by atoms with E-state index in [1.54, 1.807) is 0 Å². The third-order valence-electron chi connectivity index (χ3n) is 15.9. The molecule has 0 amide bonds. The predicted octanol–water partition coefficient (Wildman–Crippen LogP) is 20.2. The second kappa shape index (κ2) is 17.4. The predicted molar refractivity (Wildman–Crippen MR) is 317 cm³/mol. The number of para-hydroxylation sites is 1. The first-order chi connectivity index (χ1) is 37.2. The van der Waals surface area contributed by atoms with Gasteiger partial charge >= 0.3 is 0 Å². The third kappa shape index (κ3) is 6.77. The quantitative estimate of drug-likeness (QED) is 0.147. The second-order valence-corrected chi connectivity index (χ2v) is 20.9. The van der Waals surface area contributed by atoms with Crippen LogP contribution in [0.25, 0.3) is 98.1 Å². The average Bonchev–Trinajstić information content (AvgIpc) is 4.24. The summed E-state index contributed by atoms with van der Waals surface area (Å²) in [5.41, 5.74) is 25.0. The minimum Gasteiger partial charge on any atom is -0.308 e. The van der Waals surface area contributed by atoms with E-state index >= 15 is 0 Å². The Kier molecular flexibility index (Phi) is 10.0. The zero-order chi connectivity index (χ0) is 49.5. The first kappa shape index (κ1) is 43.3. The zero-order valence-electron chi connectivity index (χ0n) is 41.0. The van der Waals surface area contributed by atoms with E-state index in [-0.39, 0.29) is 0 Å². The fourth-order valence-corrected chi connectivity index (χ4v) is 13.8. The summed E-state index contributed by atoms with van der Waals surface area (Å²) in [4.78, 5) is 2.57. The summed E-state index contributed by atoms with van der Waals surface area (Å²) in [5.74, 6) is 0. The molecule has 0 saturated heterocycles. The van der Waals surface area contributed by atoms with Crippen molar-refractivity contribution >= 4 is 48.6 Å². The van der Waals surface area contributed by atoms with Crippen LogP contribution in [0.5, 0.6) is 0 Å². The topological polar surface area (TPSA) is 3.24 Å². The third-order valence-corrected chi connectivity index (χ3v) is 17.1. The van der Waals surface area contributed by atoms with Gasteiger partial charge in [0.1, 0.15) is 0 Å². The maximum absolute atomic E-state index is 2.62. The Morgan fingerprint density at radius 1 is 0.280 bits per heavy atom. The summed E-state index contributed by atoms with van der Waals surface area (Å²) >= 11 is 1.91. The molecule has 1 heterocycles. The van der Waals surface area contributed by atoms with E-state index in [4.69, 9.17) is 0 Å². The standard InChI is InChI=1S/C73H47NS/c1-6-20-48(21-7-1)52-34-39-57(40-35-52)74(67-32-18-16-30-58(67)53-28-14-5-15-29-53)68-47-66-70(71-62-31-17-19-33-69(62)75-72(68)71)61-43-38-56(51-26-12-4-13-27-51)46-65(61)73(66)63-44-54(49-22-8-2-9-23-49)36-41-59(63)60-42-37-55(45-64(60)73)50-24-10-3-11-25-50/h1-47H. The van der Waals surface area contributed by atoms with E-state index in [1.807, 2.05) is 11.3 Å². The molecule has 1 spiro atoms. The van der Waals surface area contributed by atoms with Gasteiger partial charge in [0.25, 0.3) is 0 Å². The Morgan fingerprint density at radius 2 is 0.693 bits per heavy atom. The molecular formula is C73H47NS. The average molecular weight is 970 g/mol. The van der Waals surface area contributed by atoms with Gasteiger partial charge in [0, 0.05) is 26.7 Å². The molecule has 0 radical (unpaired) electrons. The fourth-order valence-electron chi connectivity index (χ4n) is 12.5. The van der Waals surface area contributed by atoms with Crippen LogP contribution in [0, 0.1) is 0 Å². The minimum absolute atomic E-state index is 0.719. The summed E-state index contributed by atoms with van der Waals surface area (Å²) in [5, 5.41) is 2.57. The molecule has 13 aromatic rings. The van der Waals surface area contributed by atoms with Gasteiger partial charge in [-0.15, -0.1) is 11.3 Å². The Balaban J connectivity index is 1.11. The lowest BCUT2D eigenvalue weighted by Crippen LogP contribution is -2.26. The highest BCUT2D eigenvalue weighted by Gasteiger charge is 2.53. The van der Waals surface area contributed by atoms with Crippen molar-refractivity contribution in [2.24, 2.45) is 0 Å². The van der Waals surface area contributed by atoms with Gasteiger partial charge in [0.15, 0.2) is 0 Å². The van der Waals surface area contributed by atoms with Crippen LogP contribution in [0.3, 0.4) is 0 Å². The van der Waals surface area contributed by atoms with Gasteiger partial charge in [-0.25, -0.2) is 0 Å². The summed E-state index contributed by atoms with van der Waals surface area (Å²) in [6, 6.07) is 106. The highest BCUT2D eigenvalue weighted by molar-refractivity contribution is 7.26. The smallest absolute Gasteiger partial charge is 0.0727 e. The van der Waals surface area contributed by atoms with Crippen molar-refractivity contribution in [3.63, 3.8) is 0 Å². The van der Waals surface area contributed by atoms with Crippen LogP contribution in [0.15, 0.2) is 285 Å². The lowest BCUT2D eigenvalue weighted by atomic mass is 9.69. The molecule has 1 aromatic heterocycles. The Bertz CT molecular complexity index is 4220. The van der Waals surface area contributed by atoms with Crippen LogP contribution in [0.2, 0.25) is 0 Å². The van der Waals surface area contributed by atoms with Crippen LogP contribution in [0.4, 0.5) is 17.1 Å². The van der Waals surface area contributed by atoms with E-state index in [9.17, 15) is 0 Å².